The number of fused-ring (bicyclic) bond motifs is 1. The third kappa shape index (κ3) is 3.96. The summed E-state index contributed by atoms with van der Waals surface area (Å²) in [6.45, 7) is 4.40. The van der Waals surface area contributed by atoms with Crippen molar-refractivity contribution < 1.29 is 14.0 Å². The predicted molar refractivity (Wildman–Crippen MR) is 114 cm³/mol. The zero-order valence-electron chi connectivity index (χ0n) is 16.4. The molecule has 0 unspecified atom stereocenters. The van der Waals surface area contributed by atoms with Crippen LogP contribution in [0, 0.1) is 5.92 Å². The number of aryl methyl sites for hydroxylation is 1. The molecule has 1 N–H and O–H groups in total. The van der Waals surface area contributed by atoms with Gasteiger partial charge in [-0.15, -0.1) is 0 Å². The molecule has 6 nitrogen and oxygen atoms in total. The zero-order valence-corrected chi connectivity index (χ0v) is 17.9. The summed E-state index contributed by atoms with van der Waals surface area (Å²) in [6.07, 6.45) is 3.00. The van der Waals surface area contributed by atoms with Crippen LogP contribution in [0.4, 0.5) is 0 Å². The number of nitrogens with one attached hydrogen (secondary N) is 1. The van der Waals surface area contributed by atoms with Gasteiger partial charge in [0, 0.05) is 48.7 Å². The van der Waals surface area contributed by atoms with E-state index in [0.717, 1.165) is 21.1 Å². The quantitative estimate of drug-likeness (QED) is 0.624. The van der Waals surface area contributed by atoms with Gasteiger partial charge in [-0.1, -0.05) is 34.1 Å². The molecule has 2 amide bonds. The standard InChI is InChI=1S/C22H24BrN3O3/c1-2-26-18-9-12-29-20(18)13-19(26)22(28)25-10-7-15(8-11-25)21(27)24-14-16-5-3-4-6-17(16)23/h3-6,9,12-13,15H,2,7-8,10-11,14H2,1H3,(H,24,27). The molecule has 7 heteroatoms. The second-order valence-electron chi connectivity index (χ2n) is 7.32. The van der Waals surface area contributed by atoms with E-state index in [9.17, 15) is 9.59 Å². The second-order valence-corrected chi connectivity index (χ2v) is 8.17. The van der Waals surface area contributed by atoms with Crippen LogP contribution in [-0.4, -0.2) is 34.4 Å². The first-order valence-corrected chi connectivity index (χ1v) is 10.7. The van der Waals surface area contributed by atoms with Crippen molar-refractivity contribution in [1.82, 2.24) is 14.8 Å². The maximum atomic E-state index is 13.0. The number of likely N-dealkylation sites (tertiary alicyclic amines) is 1. The van der Waals surface area contributed by atoms with Gasteiger partial charge in [-0.25, -0.2) is 0 Å². The molecule has 1 fully saturated rings. The van der Waals surface area contributed by atoms with E-state index in [0.29, 0.717) is 44.7 Å². The van der Waals surface area contributed by atoms with Crippen LogP contribution >= 0.6 is 15.9 Å². The van der Waals surface area contributed by atoms with Crippen molar-refractivity contribution in [3.8, 4) is 0 Å². The van der Waals surface area contributed by atoms with E-state index in [1.807, 2.05) is 52.8 Å². The Bertz CT molecular complexity index is 1030. The molecule has 0 saturated carbocycles. The molecular weight excluding hydrogens is 434 g/mol. The summed E-state index contributed by atoms with van der Waals surface area (Å²) in [5.41, 5.74) is 3.38. The van der Waals surface area contributed by atoms with Crippen LogP contribution in [0.25, 0.3) is 11.1 Å². The summed E-state index contributed by atoms with van der Waals surface area (Å²) in [5.74, 6) is 0.00314. The summed E-state index contributed by atoms with van der Waals surface area (Å²) >= 11 is 3.51. The highest BCUT2D eigenvalue weighted by Gasteiger charge is 2.29. The SMILES string of the molecule is CCn1c(C(=O)N2CCC(C(=O)NCc3ccccc3Br)CC2)cc2occc21. The third-order valence-corrected chi connectivity index (χ3v) is 6.40. The van der Waals surface area contributed by atoms with E-state index in [4.69, 9.17) is 4.42 Å². The summed E-state index contributed by atoms with van der Waals surface area (Å²) in [6, 6.07) is 11.6. The molecule has 29 heavy (non-hydrogen) atoms. The lowest BCUT2D eigenvalue weighted by molar-refractivity contribution is -0.126. The second kappa shape index (κ2) is 8.45. The third-order valence-electron chi connectivity index (χ3n) is 5.62. The lowest BCUT2D eigenvalue weighted by Crippen LogP contribution is -2.43. The minimum Gasteiger partial charge on any atom is -0.463 e. The topological polar surface area (TPSA) is 67.5 Å². The van der Waals surface area contributed by atoms with Crippen LogP contribution in [0.5, 0.6) is 0 Å². The van der Waals surface area contributed by atoms with Crippen LogP contribution in [0.2, 0.25) is 0 Å². The Hall–Kier alpha value is -2.54. The van der Waals surface area contributed by atoms with Crippen molar-refractivity contribution >= 4 is 38.8 Å². The molecule has 0 aliphatic carbocycles. The number of piperidine rings is 1. The smallest absolute Gasteiger partial charge is 0.270 e. The Labute approximate surface area is 178 Å². The first-order valence-electron chi connectivity index (χ1n) is 9.95. The number of hydrogen-bond donors (Lipinski definition) is 1. The van der Waals surface area contributed by atoms with Crippen LogP contribution in [0.15, 0.2) is 51.6 Å². The van der Waals surface area contributed by atoms with Crippen LogP contribution in [0.3, 0.4) is 0 Å². The number of halogens is 1. The van der Waals surface area contributed by atoms with E-state index < -0.39 is 0 Å². The minimum absolute atomic E-state index is 0.00493. The Morgan fingerprint density at radius 1 is 1.21 bits per heavy atom. The lowest BCUT2D eigenvalue weighted by atomic mass is 9.95. The highest BCUT2D eigenvalue weighted by atomic mass is 79.9. The van der Waals surface area contributed by atoms with E-state index in [1.165, 1.54) is 0 Å². The maximum Gasteiger partial charge on any atom is 0.270 e. The first-order chi connectivity index (χ1) is 14.1. The van der Waals surface area contributed by atoms with Crippen molar-refractivity contribution in [2.24, 2.45) is 5.92 Å². The van der Waals surface area contributed by atoms with Crippen LogP contribution in [0.1, 0.15) is 35.8 Å². The monoisotopic (exact) mass is 457 g/mol. The van der Waals surface area contributed by atoms with Crippen molar-refractivity contribution in [3.63, 3.8) is 0 Å². The number of carbonyl (C=O) groups is 2. The number of furan rings is 1. The summed E-state index contributed by atoms with van der Waals surface area (Å²) in [5, 5.41) is 3.03. The molecule has 1 aliphatic rings. The largest absolute Gasteiger partial charge is 0.463 e. The molecular formula is C22H24BrN3O3. The Balaban J connectivity index is 1.35. The van der Waals surface area contributed by atoms with E-state index >= 15 is 0 Å². The van der Waals surface area contributed by atoms with Gasteiger partial charge in [0.15, 0.2) is 5.58 Å². The number of rotatable bonds is 5. The summed E-state index contributed by atoms with van der Waals surface area (Å²) in [4.78, 5) is 27.4. The van der Waals surface area contributed by atoms with Gasteiger partial charge in [0.05, 0.1) is 11.8 Å². The molecule has 1 aromatic carbocycles. The average molecular weight is 458 g/mol. The number of nitrogens with zero attached hydrogens (tertiary/aromatic N) is 2. The number of aromatic nitrogens is 1. The number of hydrogen-bond acceptors (Lipinski definition) is 3. The average Bonchev–Trinajstić information content (AvgIpc) is 3.33. The highest BCUT2D eigenvalue weighted by molar-refractivity contribution is 9.10. The van der Waals surface area contributed by atoms with E-state index in [2.05, 4.69) is 21.2 Å². The van der Waals surface area contributed by atoms with Gasteiger partial charge >= 0.3 is 0 Å². The lowest BCUT2D eigenvalue weighted by Gasteiger charge is -2.31. The van der Waals surface area contributed by atoms with Gasteiger partial charge in [-0.2, -0.15) is 0 Å². The molecule has 0 spiro atoms. The number of amides is 2. The molecule has 4 rings (SSSR count). The van der Waals surface area contributed by atoms with Crippen molar-refractivity contribution in [3.05, 3.63) is 58.4 Å². The Kier molecular flexibility index (Phi) is 5.76. The van der Waals surface area contributed by atoms with Crippen molar-refractivity contribution in [2.75, 3.05) is 13.1 Å². The first kappa shape index (κ1) is 19.8. The van der Waals surface area contributed by atoms with Gasteiger partial charge in [0.25, 0.3) is 5.91 Å². The van der Waals surface area contributed by atoms with Gasteiger partial charge in [0.1, 0.15) is 5.69 Å². The van der Waals surface area contributed by atoms with Gasteiger partial charge < -0.3 is 19.2 Å². The van der Waals surface area contributed by atoms with E-state index in [1.54, 1.807) is 6.26 Å². The molecule has 1 saturated heterocycles. The summed E-state index contributed by atoms with van der Waals surface area (Å²) in [7, 11) is 0. The number of carbonyl (C=O) groups excluding carboxylic acids is 2. The number of benzene rings is 1. The molecule has 152 valence electrons. The van der Waals surface area contributed by atoms with E-state index in [-0.39, 0.29) is 17.7 Å². The molecule has 0 radical (unpaired) electrons. The zero-order chi connectivity index (χ0) is 20.4. The normalized spacial score (nSPS) is 15.0. The molecule has 3 aromatic rings. The van der Waals surface area contributed by atoms with Crippen molar-refractivity contribution in [1.29, 1.82) is 0 Å². The molecule has 3 heterocycles. The van der Waals surface area contributed by atoms with Crippen molar-refractivity contribution in [2.45, 2.75) is 32.9 Å². The Morgan fingerprint density at radius 3 is 2.69 bits per heavy atom. The minimum atomic E-state index is -0.0595. The van der Waals surface area contributed by atoms with Crippen LogP contribution < -0.4 is 5.32 Å². The van der Waals surface area contributed by atoms with Gasteiger partial charge in [-0.3, -0.25) is 9.59 Å². The maximum absolute atomic E-state index is 13.0. The fraction of sp³-hybridized carbons (Fsp3) is 0.364. The molecule has 0 bridgehead atoms. The molecule has 2 aromatic heterocycles. The molecule has 0 atom stereocenters. The van der Waals surface area contributed by atoms with Gasteiger partial charge in [0.2, 0.25) is 5.91 Å². The highest BCUT2D eigenvalue weighted by Crippen LogP contribution is 2.25. The Morgan fingerprint density at radius 2 is 1.97 bits per heavy atom. The fourth-order valence-corrected chi connectivity index (χ4v) is 4.40. The summed E-state index contributed by atoms with van der Waals surface area (Å²) < 4.78 is 8.43. The predicted octanol–water partition coefficient (Wildman–Crippen LogP) is 4.19. The fourth-order valence-electron chi connectivity index (χ4n) is 3.97. The molecule has 1 aliphatic heterocycles. The van der Waals surface area contributed by atoms with Gasteiger partial charge in [-0.05, 0) is 31.4 Å². The van der Waals surface area contributed by atoms with Crippen LogP contribution in [-0.2, 0) is 17.9 Å².